The van der Waals surface area contributed by atoms with Gasteiger partial charge < -0.3 is 20.1 Å². The van der Waals surface area contributed by atoms with Gasteiger partial charge >= 0.3 is 0 Å². The van der Waals surface area contributed by atoms with Crippen LogP contribution in [-0.4, -0.2) is 25.6 Å². The molecule has 194 valence electrons. The maximum Gasteiger partial charge on any atom is 0.224 e. The molecule has 1 amide bonds. The molecule has 38 heavy (non-hydrogen) atoms. The summed E-state index contributed by atoms with van der Waals surface area (Å²) in [4.78, 5) is 23.2. The Kier molecular flexibility index (Phi) is 7.24. The summed E-state index contributed by atoms with van der Waals surface area (Å²) in [6.45, 7) is 8.91. The maximum atomic E-state index is 12.0. The molecule has 8 heteroatoms. The molecule has 1 aliphatic rings. The third kappa shape index (κ3) is 4.91. The number of thiocarbonyl (C=S) groups is 1. The quantitative estimate of drug-likeness (QED) is 0.299. The lowest BCUT2D eigenvalue weighted by Gasteiger charge is -2.29. The van der Waals surface area contributed by atoms with Crippen molar-refractivity contribution in [1.29, 1.82) is 0 Å². The molecule has 7 nitrogen and oxygen atoms in total. The van der Waals surface area contributed by atoms with E-state index < -0.39 is 0 Å². The topological polar surface area (TPSA) is 75.1 Å². The van der Waals surface area contributed by atoms with Gasteiger partial charge in [0.05, 0.1) is 17.8 Å². The monoisotopic (exact) mass is 524 g/mol. The number of nitrogens with zero attached hydrogens (tertiary/aromatic N) is 4. The van der Waals surface area contributed by atoms with Crippen molar-refractivity contribution in [2.75, 3.05) is 10.2 Å². The lowest BCUT2D eigenvalue weighted by atomic mass is 9.96. The molecule has 0 radical (unpaired) electrons. The van der Waals surface area contributed by atoms with Crippen LogP contribution in [0.15, 0.2) is 73.2 Å². The maximum absolute atomic E-state index is 12.0. The fourth-order valence-corrected chi connectivity index (χ4v) is 5.52. The van der Waals surface area contributed by atoms with Crippen LogP contribution in [0.2, 0.25) is 0 Å². The molecule has 0 saturated carbocycles. The summed E-state index contributed by atoms with van der Waals surface area (Å²) in [5.41, 5.74) is 8.39. The largest absolute Gasteiger partial charge is 0.351 e. The van der Waals surface area contributed by atoms with Crippen molar-refractivity contribution < 1.29 is 4.79 Å². The number of nitrogens with one attached hydrogen (secondary N) is 2. The number of aryl methyl sites for hydroxylation is 2. The van der Waals surface area contributed by atoms with Gasteiger partial charge in [-0.2, -0.15) is 0 Å². The molecule has 5 rings (SSSR count). The Hall–Kier alpha value is -4.04. The highest BCUT2D eigenvalue weighted by molar-refractivity contribution is 7.80. The molecule has 0 bridgehead atoms. The predicted octanol–water partition coefficient (Wildman–Crippen LogP) is 5.78. The van der Waals surface area contributed by atoms with E-state index in [1.807, 2.05) is 62.6 Å². The van der Waals surface area contributed by atoms with Crippen LogP contribution >= 0.6 is 12.2 Å². The highest BCUT2D eigenvalue weighted by atomic mass is 32.1. The molecule has 2 N–H and O–H groups in total. The first-order chi connectivity index (χ1) is 18.4. The minimum absolute atomic E-state index is 0.00615. The van der Waals surface area contributed by atoms with Gasteiger partial charge in [-0.15, -0.1) is 0 Å². The fraction of sp³-hybridized carbons (Fsp3) is 0.267. The first-order valence-electron chi connectivity index (χ1n) is 12.8. The molecule has 4 aromatic rings. The number of carbonyl (C=O) groups is 1. The number of carbonyl (C=O) groups excluding carboxylic acids is 1. The number of aromatic nitrogens is 3. The van der Waals surface area contributed by atoms with Crippen molar-refractivity contribution in [2.45, 2.75) is 52.7 Å². The average molecular weight is 525 g/mol. The van der Waals surface area contributed by atoms with Crippen molar-refractivity contribution in [3.63, 3.8) is 0 Å². The third-order valence-electron chi connectivity index (χ3n) is 7.18. The molecule has 1 fully saturated rings. The summed E-state index contributed by atoms with van der Waals surface area (Å²) in [6.07, 6.45) is 5.96. The van der Waals surface area contributed by atoms with E-state index in [9.17, 15) is 4.79 Å². The van der Waals surface area contributed by atoms with Crippen molar-refractivity contribution >= 4 is 34.6 Å². The van der Waals surface area contributed by atoms with Crippen LogP contribution in [0.4, 0.5) is 11.4 Å². The Morgan fingerprint density at radius 3 is 2.61 bits per heavy atom. The molecule has 0 unspecified atom stereocenters. The number of anilines is 2. The zero-order chi connectivity index (χ0) is 26.8. The van der Waals surface area contributed by atoms with Crippen LogP contribution in [0.3, 0.4) is 0 Å². The second-order valence-corrected chi connectivity index (χ2v) is 10.1. The van der Waals surface area contributed by atoms with E-state index in [4.69, 9.17) is 12.2 Å². The van der Waals surface area contributed by atoms with Gasteiger partial charge in [-0.1, -0.05) is 19.1 Å². The molecule has 0 aliphatic carbocycles. The van der Waals surface area contributed by atoms with E-state index >= 15 is 0 Å². The summed E-state index contributed by atoms with van der Waals surface area (Å²) >= 11 is 5.93. The van der Waals surface area contributed by atoms with Gasteiger partial charge in [0.15, 0.2) is 5.11 Å². The molecule has 1 saturated heterocycles. The van der Waals surface area contributed by atoms with E-state index in [1.165, 1.54) is 17.0 Å². The summed E-state index contributed by atoms with van der Waals surface area (Å²) < 4.78 is 2.33. The van der Waals surface area contributed by atoms with Gasteiger partial charge in [-0.05, 0) is 92.1 Å². The fourth-order valence-electron chi connectivity index (χ4n) is 5.17. The van der Waals surface area contributed by atoms with Crippen molar-refractivity contribution in [1.82, 2.24) is 19.9 Å². The molecule has 0 spiro atoms. The van der Waals surface area contributed by atoms with Crippen LogP contribution < -0.4 is 15.5 Å². The highest BCUT2D eigenvalue weighted by Gasteiger charge is 2.42. The van der Waals surface area contributed by atoms with Crippen molar-refractivity contribution in [3.05, 3.63) is 107 Å². The molecule has 2 atom stereocenters. The number of rotatable bonds is 7. The number of hydrogen-bond donors (Lipinski definition) is 2. The van der Waals surface area contributed by atoms with Crippen LogP contribution in [0.25, 0.3) is 0 Å². The van der Waals surface area contributed by atoms with E-state index in [0.29, 0.717) is 11.5 Å². The number of hydrogen-bond acceptors (Lipinski definition) is 4. The smallest absolute Gasteiger partial charge is 0.224 e. The highest BCUT2D eigenvalue weighted by Crippen LogP contribution is 2.44. The molecule has 1 aliphatic heterocycles. The van der Waals surface area contributed by atoms with Crippen LogP contribution in [0.1, 0.15) is 59.2 Å². The molecule has 4 heterocycles. The Balaban J connectivity index is 1.59. The molecular weight excluding hydrogens is 492 g/mol. The zero-order valence-corrected chi connectivity index (χ0v) is 22.9. The van der Waals surface area contributed by atoms with Crippen molar-refractivity contribution in [3.8, 4) is 0 Å². The van der Waals surface area contributed by atoms with Crippen LogP contribution in [0.5, 0.6) is 0 Å². The molecule has 1 aromatic carbocycles. The lowest BCUT2D eigenvalue weighted by molar-refractivity contribution is -0.115. The van der Waals surface area contributed by atoms with E-state index in [0.717, 1.165) is 34.7 Å². The standard InChI is InChI=1S/C30H32N6OS/c1-5-27(37)33-25-12-11-23(15-19(25)2)36-29(28(34-30(36)38)26-10-6-7-14-32-26)24-16-20(3)35(21(24)4)18-22-9-8-13-31-17-22/h6-17,28-29H,5,18H2,1-4H3,(H,33,37)(H,34,38)/t28-,29-/m1/s1. The Labute approximate surface area is 228 Å². The van der Waals surface area contributed by atoms with Gasteiger partial charge in [0.1, 0.15) is 0 Å². The van der Waals surface area contributed by atoms with Crippen molar-refractivity contribution in [2.24, 2.45) is 0 Å². The summed E-state index contributed by atoms with van der Waals surface area (Å²) in [5, 5.41) is 7.19. The normalized spacial score (nSPS) is 16.9. The second kappa shape index (κ2) is 10.8. The minimum atomic E-state index is -0.129. The first kappa shape index (κ1) is 25.6. The average Bonchev–Trinajstić information content (AvgIpc) is 3.41. The number of benzene rings is 1. The van der Waals surface area contributed by atoms with Crippen LogP contribution in [0, 0.1) is 20.8 Å². The van der Waals surface area contributed by atoms with Gasteiger partial charge in [-0.3, -0.25) is 14.8 Å². The van der Waals surface area contributed by atoms with Gasteiger partial charge in [0, 0.05) is 54.3 Å². The third-order valence-corrected chi connectivity index (χ3v) is 7.49. The number of pyridine rings is 2. The Morgan fingerprint density at radius 1 is 1.08 bits per heavy atom. The van der Waals surface area contributed by atoms with Crippen LogP contribution in [-0.2, 0) is 11.3 Å². The first-order valence-corrected chi connectivity index (χ1v) is 13.2. The van der Waals surface area contributed by atoms with E-state index in [-0.39, 0.29) is 18.0 Å². The zero-order valence-electron chi connectivity index (χ0n) is 22.1. The lowest BCUT2D eigenvalue weighted by Crippen LogP contribution is -2.29. The summed E-state index contributed by atoms with van der Waals surface area (Å²) in [6, 6.07) is 18.1. The van der Waals surface area contributed by atoms with E-state index in [2.05, 4.69) is 62.1 Å². The summed E-state index contributed by atoms with van der Waals surface area (Å²) in [5.74, 6) is -0.00615. The number of amides is 1. The Bertz CT molecular complexity index is 1470. The predicted molar refractivity (Wildman–Crippen MR) is 155 cm³/mol. The summed E-state index contributed by atoms with van der Waals surface area (Å²) in [7, 11) is 0. The Morgan fingerprint density at radius 2 is 1.92 bits per heavy atom. The molecular formula is C30H32N6OS. The SMILES string of the molecule is CCC(=O)Nc1ccc(N2C(=S)N[C@H](c3ccccn3)[C@H]2c2cc(C)n(Cc3cccnc3)c2C)cc1C. The minimum Gasteiger partial charge on any atom is -0.351 e. The van der Waals surface area contributed by atoms with Gasteiger partial charge in [-0.25, -0.2) is 0 Å². The second-order valence-electron chi connectivity index (χ2n) is 9.67. The van der Waals surface area contributed by atoms with Gasteiger partial charge in [0.25, 0.3) is 0 Å². The van der Waals surface area contributed by atoms with Gasteiger partial charge in [0.2, 0.25) is 5.91 Å². The van der Waals surface area contributed by atoms with E-state index in [1.54, 1.807) is 6.20 Å². The molecule has 3 aromatic heterocycles.